The summed E-state index contributed by atoms with van der Waals surface area (Å²) >= 11 is 37.3. The minimum absolute atomic E-state index is 0.229. The van der Waals surface area contributed by atoms with Crippen LogP contribution >= 0.6 is 110 Å². The molecule has 33 heteroatoms. The zero-order valence-electron chi connectivity index (χ0n) is 48.2. The number of hydrogen-bond donors (Lipinski definition) is 5. The first-order chi connectivity index (χ1) is 45.3. The number of nitrogens with zero attached hydrogens (tertiary/aromatic N) is 14. The Balaban J connectivity index is 0.000000134. The molecule has 14 aromatic rings. The number of benzene rings is 4. The maximum Gasteiger partial charge on any atom is 0.435 e. The highest BCUT2D eigenvalue weighted by atomic mass is 79.9. The molecule has 14 rings (SSSR count). The molecule has 480 valence electrons. The van der Waals surface area contributed by atoms with Crippen LogP contribution in [0.2, 0.25) is 20.1 Å². The van der Waals surface area contributed by atoms with Gasteiger partial charge in [-0.1, -0.05) is 119 Å². The minimum Gasteiger partial charge on any atom is -0.381 e. The number of hydrogen-bond acceptors (Lipinski definition) is 14. The molecule has 4 aromatic carbocycles. The topological polar surface area (TPSA) is 264 Å². The third-order valence-electron chi connectivity index (χ3n) is 13.0. The number of aromatic amines is 3. The highest BCUT2D eigenvalue weighted by Gasteiger charge is 2.36. The Morgan fingerprint density at radius 3 is 1.20 bits per heavy atom. The van der Waals surface area contributed by atoms with Gasteiger partial charge in [-0.25, -0.2) is 49.8 Å². The van der Waals surface area contributed by atoms with Crippen LogP contribution in [0.25, 0.3) is 90.0 Å². The Bertz CT molecular complexity index is 5000. The quantitative estimate of drug-likeness (QED) is 0.0793. The Kier molecular flexibility index (Phi) is 21.7. The van der Waals surface area contributed by atoms with E-state index in [-0.39, 0.29) is 11.4 Å². The lowest BCUT2D eigenvalue weighted by molar-refractivity contribution is -0.142. The van der Waals surface area contributed by atoms with Gasteiger partial charge in [0.25, 0.3) is 0 Å². The van der Waals surface area contributed by atoms with Gasteiger partial charge in [0.2, 0.25) is 0 Å². The number of halogens is 14. The molecule has 19 nitrogen and oxygen atoms in total. The van der Waals surface area contributed by atoms with E-state index in [4.69, 9.17) is 57.9 Å². The van der Waals surface area contributed by atoms with Crippen LogP contribution < -0.4 is 11.5 Å². The van der Waals surface area contributed by atoms with Crippen LogP contribution in [0.3, 0.4) is 0 Å². The minimum atomic E-state index is -4.52. The van der Waals surface area contributed by atoms with Crippen LogP contribution in [-0.2, 0) is 26.4 Å². The van der Waals surface area contributed by atoms with Crippen LogP contribution in [0.5, 0.6) is 0 Å². The molecule has 0 aliphatic rings. The first-order valence-corrected chi connectivity index (χ1v) is 31.6. The van der Waals surface area contributed by atoms with Gasteiger partial charge >= 0.3 is 12.4 Å². The summed E-state index contributed by atoms with van der Waals surface area (Å²) < 4.78 is 81.9. The first kappa shape index (κ1) is 69.0. The van der Waals surface area contributed by atoms with Crippen molar-refractivity contribution in [3.8, 4) is 68.4 Å². The number of rotatable bonds is 5. The standard InChI is InChI=1S/2C17H11ClF3N5.2C12H7BrClN3.C4H3Br2N3/c2*1-26-14(7-15(25-26)17(19,20)21)13-8-22-16-12(23-13)6-11(24-16)9-4-2-3-5-10(9)18;13-11-6-15-12-10(16-11)5-9(17-12)7-3-1-2-4-8(7)14;13-11-7-16-12(15)10(17-11)6-5-8-3-1-2-4-9(8)14;5-2-1-8-4(7)3(6)9-2/h2*2-8H,1H3,(H,22,24);1-6H,(H,15,17);1-4,7H,(H2,15,16);1H,(H2,7,8). The Morgan fingerprint density at radius 2 is 0.800 bits per heavy atom. The molecule has 0 unspecified atom stereocenters. The number of fused-ring (bicyclic) bond motifs is 3. The summed E-state index contributed by atoms with van der Waals surface area (Å²) in [6.07, 6.45) is -1.48. The second kappa shape index (κ2) is 29.8. The van der Waals surface area contributed by atoms with E-state index in [0.717, 1.165) is 76.6 Å². The van der Waals surface area contributed by atoms with E-state index in [1.807, 2.05) is 84.9 Å². The van der Waals surface area contributed by atoms with Crippen molar-refractivity contribution < 1.29 is 26.3 Å². The zero-order chi connectivity index (χ0) is 67.9. The number of nitrogen functional groups attached to an aromatic ring is 2. The van der Waals surface area contributed by atoms with Gasteiger partial charge in [0.05, 0.1) is 64.5 Å². The number of aryl methyl sites for hydroxylation is 2. The van der Waals surface area contributed by atoms with Crippen molar-refractivity contribution in [1.82, 2.24) is 84.4 Å². The SMILES string of the molecule is Clc1ccccc1-c1cc2nc(Br)cnc2[nH]1.Cn1nc(C(F)(F)F)cc1-c1cnc2[nH]c(-c3ccccc3Cl)cc2n1.Cn1nc(C(F)(F)F)cc1-c1cnc2[nH]c(-c3ccccc3Cl)cc2n1.Nc1ncc(Br)nc1Br.Nc1ncc(Br)nc1C#Cc1ccccc1Cl. The summed E-state index contributed by atoms with van der Waals surface area (Å²) in [5, 5.41) is 9.45. The molecule has 0 atom stereocenters. The highest BCUT2D eigenvalue weighted by Crippen LogP contribution is 2.36. The van der Waals surface area contributed by atoms with Crippen LogP contribution in [0.15, 0.2) is 177 Å². The van der Waals surface area contributed by atoms with Gasteiger partial charge in [-0.2, -0.15) is 36.5 Å². The summed E-state index contributed by atoms with van der Waals surface area (Å²) in [6.45, 7) is 0. The van der Waals surface area contributed by atoms with Gasteiger partial charge in [0.15, 0.2) is 45.7 Å². The summed E-state index contributed by atoms with van der Waals surface area (Å²) in [5.74, 6) is 6.46. The molecule has 0 aliphatic carbocycles. The molecule has 95 heavy (non-hydrogen) atoms. The predicted molar refractivity (Wildman–Crippen MR) is 369 cm³/mol. The lowest BCUT2D eigenvalue weighted by Gasteiger charge is -2.00. The monoisotopic (exact) mass is 1620 g/mol. The van der Waals surface area contributed by atoms with Gasteiger partial charge < -0.3 is 26.4 Å². The van der Waals surface area contributed by atoms with E-state index < -0.39 is 23.7 Å². The lowest BCUT2D eigenvalue weighted by atomic mass is 10.1. The maximum absolute atomic E-state index is 12.8. The molecule has 0 saturated heterocycles. The Labute approximate surface area is 587 Å². The number of nitrogens with one attached hydrogen (secondary N) is 3. The van der Waals surface area contributed by atoms with Crippen molar-refractivity contribution in [2.75, 3.05) is 11.5 Å². The van der Waals surface area contributed by atoms with Gasteiger partial charge in [0, 0.05) is 51.4 Å². The molecule has 0 saturated carbocycles. The number of alkyl halides is 6. The van der Waals surface area contributed by atoms with Crippen molar-refractivity contribution in [3.05, 3.63) is 220 Å². The normalized spacial score (nSPS) is 11.2. The van der Waals surface area contributed by atoms with Crippen molar-refractivity contribution in [1.29, 1.82) is 0 Å². The fraction of sp³-hybridized carbons (Fsp3) is 0.0645. The number of H-pyrrole nitrogens is 3. The predicted octanol–water partition coefficient (Wildman–Crippen LogP) is 17.9. The number of anilines is 2. The highest BCUT2D eigenvalue weighted by molar-refractivity contribution is 9.11. The summed E-state index contributed by atoms with van der Waals surface area (Å²) in [6, 6.07) is 37.0. The first-order valence-electron chi connectivity index (χ1n) is 26.9. The molecule has 0 spiro atoms. The van der Waals surface area contributed by atoms with Crippen molar-refractivity contribution in [2.24, 2.45) is 14.1 Å². The van der Waals surface area contributed by atoms with E-state index in [1.54, 1.807) is 42.7 Å². The molecule has 7 N–H and O–H groups in total. The summed E-state index contributed by atoms with van der Waals surface area (Å²) in [5.41, 5.74) is 19.8. The van der Waals surface area contributed by atoms with Crippen molar-refractivity contribution in [3.63, 3.8) is 0 Å². The maximum atomic E-state index is 12.8. The molecular formula is C62H39Br4Cl4F6N19. The Morgan fingerprint density at radius 1 is 0.432 bits per heavy atom. The molecule has 0 amide bonds. The smallest absolute Gasteiger partial charge is 0.381 e. The van der Waals surface area contributed by atoms with Crippen LogP contribution in [0, 0.1) is 11.8 Å². The third kappa shape index (κ3) is 17.2. The zero-order valence-corrected chi connectivity index (χ0v) is 57.6. The van der Waals surface area contributed by atoms with Gasteiger partial charge in [0.1, 0.15) is 46.4 Å². The van der Waals surface area contributed by atoms with E-state index in [1.165, 1.54) is 32.7 Å². The van der Waals surface area contributed by atoms with Crippen LogP contribution in [-0.4, -0.2) is 84.4 Å². The van der Waals surface area contributed by atoms with Crippen molar-refractivity contribution in [2.45, 2.75) is 12.4 Å². The van der Waals surface area contributed by atoms with E-state index in [0.29, 0.717) is 84.9 Å². The van der Waals surface area contributed by atoms with E-state index >= 15 is 0 Å². The van der Waals surface area contributed by atoms with Crippen LogP contribution in [0.4, 0.5) is 38.0 Å². The average molecular weight is 1630 g/mol. The van der Waals surface area contributed by atoms with Crippen molar-refractivity contribution >= 4 is 155 Å². The van der Waals surface area contributed by atoms with Crippen LogP contribution in [0.1, 0.15) is 22.6 Å². The van der Waals surface area contributed by atoms with E-state index in [2.05, 4.69) is 151 Å². The Hall–Kier alpha value is -8.86. The molecule has 10 heterocycles. The molecular weight excluding hydrogens is 1590 g/mol. The largest absolute Gasteiger partial charge is 0.435 e. The number of nitrogens with two attached hydrogens (primary N) is 2. The molecule has 0 aliphatic heterocycles. The molecule has 0 radical (unpaired) electrons. The second-order valence-corrected chi connectivity index (χ2v) is 24.3. The molecule has 10 aromatic heterocycles. The summed E-state index contributed by atoms with van der Waals surface area (Å²) in [7, 11) is 2.87. The fourth-order valence-corrected chi connectivity index (χ4v) is 10.9. The third-order valence-corrected chi connectivity index (χ3v) is 16.1. The van der Waals surface area contributed by atoms with Gasteiger partial charge in [-0.15, -0.1) is 0 Å². The van der Waals surface area contributed by atoms with E-state index in [9.17, 15) is 26.3 Å². The lowest BCUT2D eigenvalue weighted by Crippen LogP contribution is -2.06. The molecule has 0 bridgehead atoms. The van der Waals surface area contributed by atoms with Gasteiger partial charge in [-0.05, 0) is 130 Å². The van der Waals surface area contributed by atoms with Gasteiger partial charge in [-0.3, -0.25) is 9.36 Å². The number of aromatic nitrogens is 17. The average Bonchev–Trinajstić information content (AvgIpc) is 1.66. The second-order valence-electron chi connectivity index (χ2n) is 19.5. The summed E-state index contributed by atoms with van der Waals surface area (Å²) in [4.78, 5) is 51.2. The molecule has 0 fully saturated rings. The fourth-order valence-electron chi connectivity index (χ4n) is 8.61.